The molecule has 0 saturated carbocycles. The van der Waals surface area contributed by atoms with Crippen LogP contribution in [0.15, 0.2) is 36.5 Å². The Morgan fingerprint density at radius 1 is 1.31 bits per heavy atom. The molecule has 136 valence electrons. The van der Waals surface area contributed by atoms with Crippen LogP contribution in [0.1, 0.15) is 30.3 Å². The molecule has 9 heteroatoms. The van der Waals surface area contributed by atoms with E-state index in [0.717, 1.165) is 12.8 Å². The average Bonchev–Trinajstić information content (AvgIpc) is 3.10. The number of amides is 1. The Bertz CT molecular complexity index is 862. The molecule has 9 nitrogen and oxygen atoms in total. The van der Waals surface area contributed by atoms with Crippen molar-refractivity contribution in [3.8, 4) is 5.69 Å². The number of benzene rings is 1. The summed E-state index contributed by atoms with van der Waals surface area (Å²) < 4.78 is 1.26. The number of carbonyl (C=O) groups excluding carboxylic acids is 1. The number of para-hydroxylation sites is 2. The second kappa shape index (κ2) is 6.95. The molecule has 2 heterocycles. The summed E-state index contributed by atoms with van der Waals surface area (Å²) in [7, 11) is 0. The predicted octanol–water partition coefficient (Wildman–Crippen LogP) is 2.11. The van der Waals surface area contributed by atoms with Gasteiger partial charge >= 0.3 is 5.97 Å². The van der Waals surface area contributed by atoms with E-state index in [9.17, 15) is 24.8 Å². The topological polar surface area (TPSA) is 119 Å². The fraction of sp³-hybridized carbons (Fsp3) is 0.353. The lowest BCUT2D eigenvalue weighted by Gasteiger charge is -2.36. The zero-order valence-electron chi connectivity index (χ0n) is 14.1. The van der Waals surface area contributed by atoms with Crippen LogP contribution in [0.3, 0.4) is 0 Å². The Labute approximate surface area is 149 Å². The maximum absolute atomic E-state index is 12.8. The van der Waals surface area contributed by atoms with Crippen LogP contribution in [-0.2, 0) is 4.79 Å². The number of aliphatic carboxylic acids is 1. The van der Waals surface area contributed by atoms with Gasteiger partial charge in [0.15, 0.2) is 5.69 Å². The molecule has 3 rings (SSSR count). The normalized spacial score (nSPS) is 20.0. The van der Waals surface area contributed by atoms with Gasteiger partial charge in [-0.2, -0.15) is 5.10 Å². The first-order valence-corrected chi connectivity index (χ1v) is 8.23. The highest BCUT2D eigenvalue weighted by Crippen LogP contribution is 2.26. The van der Waals surface area contributed by atoms with Gasteiger partial charge in [-0.05, 0) is 30.9 Å². The number of aromatic nitrogens is 2. The van der Waals surface area contributed by atoms with Crippen LogP contribution in [0.4, 0.5) is 5.69 Å². The van der Waals surface area contributed by atoms with Gasteiger partial charge < -0.3 is 10.0 Å². The van der Waals surface area contributed by atoms with E-state index in [0.29, 0.717) is 6.54 Å². The number of carbonyl (C=O) groups is 2. The van der Waals surface area contributed by atoms with Crippen molar-refractivity contribution in [3.05, 3.63) is 52.3 Å². The smallest absolute Gasteiger partial charge is 0.326 e. The van der Waals surface area contributed by atoms with E-state index in [1.165, 1.54) is 34.0 Å². The SMILES string of the molecule is CC1CCCN(C(=O)c2ccn(-c3ccccc3[N+](=O)[O-])n2)C1C(=O)O. The van der Waals surface area contributed by atoms with Gasteiger partial charge in [-0.3, -0.25) is 14.9 Å². The van der Waals surface area contributed by atoms with Gasteiger partial charge in [0, 0.05) is 18.8 Å². The van der Waals surface area contributed by atoms with Crippen molar-refractivity contribution in [2.75, 3.05) is 6.54 Å². The fourth-order valence-electron chi connectivity index (χ4n) is 3.32. The molecule has 1 aromatic heterocycles. The monoisotopic (exact) mass is 358 g/mol. The number of hydrogen-bond donors (Lipinski definition) is 1. The molecule has 1 N–H and O–H groups in total. The molecule has 0 spiro atoms. The highest BCUT2D eigenvalue weighted by Gasteiger charge is 2.38. The first-order valence-electron chi connectivity index (χ1n) is 8.23. The summed E-state index contributed by atoms with van der Waals surface area (Å²) in [6.07, 6.45) is 2.92. The zero-order chi connectivity index (χ0) is 18.8. The van der Waals surface area contributed by atoms with E-state index < -0.39 is 22.8 Å². The molecule has 1 aliphatic heterocycles. The summed E-state index contributed by atoms with van der Waals surface area (Å²) in [6.45, 7) is 2.16. The second-order valence-electron chi connectivity index (χ2n) is 6.29. The van der Waals surface area contributed by atoms with E-state index >= 15 is 0 Å². The Hall–Kier alpha value is -3.23. The highest BCUT2D eigenvalue weighted by atomic mass is 16.6. The number of nitro groups is 1. The van der Waals surface area contributed by atoms with E-state index in [2.05, 4.69) is 5.10 Å². The number of hydrogen-bond acceptors (Lipinski definition) is 5. The number of rotatable bonds is 4. The molecule has 1 aliphatic rings. The lowest BCUT2D eigenvalue weighted by molar-refractivity contribution is -0.384. The predicted molar refractivity (Wildman–Crippen MR) is 91.1 cm³/mol. The van der Waals surface area contributed by atoms with Crippen LogP contribution in [0, 0.1) is 16.0 Å². The quantitative estimate of drug-likeness (QED) is 0.660. The molecule has 2 aromatic rings. The Morgan fingerprint density at radius 3 is 2.73 bits per heavy atom. The third kappa shape index (κ3) is 3.15. The average molecular weight is 358 g/mol. The first kappa shape index (κ1) is 17.6. The van der Waals surface area contributed by atoms with Crippen LogP contribution >= 0.6 is 0 Å². The largest absolute Gasteiger partial charge is 0.480 e. The van der Waals surface area contributed by atoms with Crippen molar-refractivity contribution < 1.29 is 19.6 Å². The van der Waals surface area contributed by atoms with Gasteiger partial charge in [0.1, 0.15) is 11.7 Å². The minimum Gasteiger partial charge on any atom is -0.480 e. The lowest BCUT2D eigenvalue weighted by atomic mass is 9.90. The van der Waals surface area contributed by atoms with E-state index in [4.69, 9.17) is 0 Å². The molecule has 1 amide bonds. The third-order valence-corrected chi connectivity index (χ3v) is 4.58. The maximum atomic E-state index is 12.8. The lowest BCUT2D eigenvalue weighted by Crippen LogP contribution is -2.52. The molecule has 2 unspecified atom stereocenters. The molecule has 1 aromatic carbocycles. The van der Waals surface area contributed by atoms with Crippen molar-refractivity contribution in [1.82, 2.24) is 14.7 Å². The molecule has 0 aliphatic carbocycles. The number of nitro benzene ring substituents is 1. The van der Waals surface area contributed by atoms with Gasteiger partial charge in [0.2, 0.25) is 0 Å². The van der Waals surface area contributed by atoms with Crippen molar-refractivity contribution >= 4 is 17.6 Å². The fourth-order valence-corrected chi connectivity index (χ4v) is 3.32. The van der Waals surface area contributed by atoms with Crippen LogP contribution in [0.5, 0.6) is 0 Å². The number of carboxylic acid groups (broad SMARTS) is 1. The van der Waals surface area contributed by atoms with E-state index in [-0.39, 0.29) is 23.0 Å². The number of carboxylic acids is 1. The van der Waals surface area contributed by atoms with Gasteiger partial charge in [0.25, 0.3) is 11.6 Å². The number of likely N-dealkylation sites (tertiary alicyclic amines) is 1. The van der Waals surface area contributed by atoms with Crippen LogP contribution in [-0.4, -0.2) is 49.2 Å². The summed E-state index contributed by atoms with van der Waals surface area (Å²) in [5.74, 6) is -1.67. The molecule has 1 saturated heterocycles. The van der Waals surface area contributed by atoms with Gasteiger partial charge in [0.05, 0.1) is 4.92 Å². The maximum Gasteiger partial charge on any atom is 0.326 e. The first-order chi connectivity index (χ1) is 12.4. The molecule has 0 bridgehead atoms. The van der Waals surface area contributed by atoms with Crippen LogP contribution in [0.2, 0.25) is 0 Å². The van der Waals surface area contributed by atoms with Crippen LogP contribution < -0.4 is 0 Å². The van der Waals surface area contributed by atoms with Crippen molar-refractivity contribution in [2.45, 2.75) is 25.8 Å². The Balaban J connectivity index is 1.91. The zero-order valence-corrected chi connectivity index (χ0v) is 14.1. The molecular formula is C17H18N4O5. The third-order valence-electron chi connectivity index (χ3n) is 4.58. The van der Waals surface area contributed by atoms with Crippen molar-refractivity contribution in [1.29, 1.82) is 0 Å². The van der Waals surface area contributed by atoms with Crippen molar-refractivity contribution in [3.63, 3.8) is 0 Å². The summed E-state index contributed by atoms with van der Waals surface area (Å²) in [5.41, 5.74) is 0.159. The second-order valence-corrected chi connectivity index (χ2v) is 6.29. The molecule has 2 atom stereocenters. The number of nitrogens with zero attached hydrogens (tertiary/aromatic N) is 4. The molecular weight excluding hydrogens is 340 g/mol. The summed E-state index contributed by atoms with van der Waals surface area (Å²) >= 11 is 0. The summed E-state index contributed by atoms with van der Waals surface area (Å²) in [6, 6.07) is 6.61. The Morgan fingerprint density at radius 2 is 2.04 bits per heavy atom. The Kier molecular flexibility index (Phi) is 4.70. The van der Waals surface area contributed by atoms with Crippen molar-refractivity contribution in [2.24, 2.45) is 5.92 Å². The van der Waals surface area contributed by atoms with Gasteiger partial charge in [-0.15, -0.1) is 0 Å². The van der Waals surface area contributed by atoms with Gasteiger partial charge in [-0.25, -0.2) is 9.48 Å². The van der Waals surface area contributed by atoms with E-state index in [1.54, 1.807) is 12.1 Å². The molecule has 26 heavy (non-hydrogen) atoms. The number of piperidine rings is 1. The minimum absolute atomic E-state index is 0.0588. The minimum atomic E-state index is -1.04. The van der Waals surface area contributed by atoms with Crippen LogP contribution in [0.25, 0.3) is 5.69 Å². The molecule has 1 fully saturated rings. The molecule has 0 radical (unpaired) electrons. The highest BCUT2D eigenvalue weighted by molar-refractivity contribution is 5.95. The summed E-state index contributed by atoms with van der Waals surface area (Å²) in [5, 5.41) is 24.8. The summed E-state index contributed by atoms with van der Waals surface area (Å²) in [4.78, 5) is 36.3. The van der Waals surface area contributed by atoms with Gasteiger partial charge in [-0.1, -0.05) is 19.1 Å². The van der Waals surface area contributed by atoms with E-state index in [1.807, 2.05) is 6.92 Å². The standard InChI is InChI=1S/C17H18N4O5/c1-11-5-4-9-19(15(11)17(23)24)16(22)12-8-10-20(18-12)13-6-2-3-7-14(13)21(25)26/h2-3,6-8,10-11,15H,4-5,9H2,1H3,(H,23,24).